The van der Waals surface area contributed by atoms with Crippen molar-refractivity contribution in [3.63, 3.8) is 0 Å². The predicted octanol–water partition coefficient (Wildman–Crippen LogP) is 4.67. The SMILES string of the molecule is COc1cccc(CNC(=O)c2cc(-c3ncn(C[C@H]4CC[C@H](NC(=O)OC(C)(C)C)CC4)n3)cc(C)n2)c1. The van der Waals surface area contributed by atoms with Crippen LogP contribution in [0.25, 0.3) is 11.4 Å². The Balaban J connectivity index is 1.32. The average Bonchev–Trinajstić information content (AvgIpc) is 3.35. The maximum Gasteiger partial charge on any atom is 0.407 e. The number of hydrogen-bond donors (Lipinski definition) is 2. The van der Waals surface area contributed by atoms with Crippen molar-refractivity contribution < 1.29 is 19.1 Å². The Kier molecular flexibility index (Phi) is 8.83. The van der Waals surface area contributed by atoms with Crippen LogP contribution < -0.4 is 15.4 Å². The summed E-state index contributed by atoms with van der Waals surface area (Å²) in [6.07, 6.45) is 5.17. The third-order valence-corrected chi connectivity index (χ3v) is 6.58. The van der Waals surface area contributed by atoms with Crippen molar-refractivity contribution in [1.29, 1.82) is 0 Å². The topological polar surface area (TPSA) is 120 Å². The minimum atomic E-state index is -0.499. The van der Waals surface area contributed by atoms with Gasteiger partial charge in [0.15, 0.2) is 5.82 Å². The number of benzene rings is 1. The molecule has 208 valence electrons. The van der Waals surface area contributed by atoms with Crippen molar-refractivity contribution in [2.45, 2.75) is 78.1 Å². The number of alkyl carbamates (subject to hydrolysis) is 1. The number of carbonyl (C=O) groups excluding carboxylic acids is 2. The van der Waals surface area contributed by atoms with Gasteiger partial charge in [-0.05, 0) is 89.1 Å². The fraction of sp³-hybridized carbons (Fsp3) is 0.483. The van der Waals surface area contributed by atoms with Crippen molar-refractivity contribution in [2.24, 2.45) is 5.92 Å². The first kappa shape index (κ1) is 28.1. The van der Waals surface area contributed by atoms with E-state index in [1.54, 1.807) is 19.5 Å². The molecule has 0 aliphatic heterocycles. The number of hydrogen-bond acceptors (Lipinski definition) is 7. The molecule has 0 unspecified atom stereocenters. The van der Waals surface area contributed by atoms with Gasteiger partial charge in [-0.3, -0.25) is 9.48 Å². The van der Waals surface area contributed by atoms with Crippen LogP contribution in [0.2, 0.25) is 0 Å². The van der Waals surface area contributed by atoms with Gasteiger partial charge < -0.3 is 20.1 Å². The van der Waals surface area contributed by atoms with Gasteiger partial charge in [-0.15, -0.1) is 0 Å². The molecule has 2 aromatic heterocycles. The van der Waals surface area contributed by atoms with Gasteiger partial charge in [-0.2, -0.15) is 5.10 Å². The molecule has 1 saturated carbocycles. The molecule has 0 spiro atoms. The van der Waals surface area contributed by atoms with Gasteiger partial charge in [-0.25, -0.2) is 14.8 Å². The largest absolute Gasteiger partial charge is 0.497 e. The highest BCUT2D eigenvalue weighted by atomic mass is 16.6. The van der Waals surface area contributed by atoms with Gasteiger partial charge in [-0.1, -0.05) is 12.1 Å². The minimum Gasteiger partial charge on any atom is -0.497 e. The fourth-order valence-corrected chi connectivity index (χ4v) is 4.71. The van der Waals surface area contributed by atoms with Crippen LogP contribution in [0, 0.1) is 12.8 Å². The standard InChI is InChI=1S/C29H38N6O4/c1-19-13-22(15-25(32-19)27(36)30-16-21-7-6-8-24(14-21)38-5)26-31-18-35(34-26)17-20-9-11-23(12-10-20)33-28(37)39-29(2,3)4/h6-8,13-15,18,20,23H,9-12,16-17H2,1-5H3,(H,30,36)(H,33,37)/t20-,23-. The second-order valence-electron chi connectivity index (χ2n) is 11.1. The van der Waals surface area contributed by atoms with Crippen LogP contribution in [0.15, 0.2) is 42.7 Å². The number of aromatic nitrogens is 4. The van der Waals surface area contributed by atoms with E-state index in [9.17, 15) is 9.59 Å². The highest BCUT2D eigenvalue weighted by molar-refractivity contribution is 5.93. The average molecular weight is 535 g/mol. The van der Waals surface area contributed by atoms with Crippen LogP contribution in [0.3, 0.4) is 0 Å². The lowest BCUT2D eigenvalue weighted by atomic mass is 9.86. The zero-order valence-electron chi connectivity index (χ0n) is 23.4. The molecule has 0 radical (unpaired) electrons. The highest BCUT2D eigenvalue weighted by Gasteiger charge is 2.25. The number of carbonyl (C=O) groups is 2. The lowest BCUT2D eigenvalue weighted by molar-refractivity contribution is 0.0485. The lowest BCUT2D eigenvalue weighted by Gasteiger charge is -2.30. The summed E-state index contributed by atoms with van der Waals surface area (Å²) in [5.74, 6) is 1.49. The molecule has 3 aromatic rings. The van der Waals surface area contributed by atoms with E-state index < -0.39 is 5.60 Å². The van der Waals surface area contributed by atoms with E-state index in [1.165, 1.54) is 0 Å². The summed E-state index contributed by atoms with van der Waals surface area (Å²) in [7, 11) is 1.61. The summed E-state index contributed by atoms with van der Waals surface area (Å²) in [6.45, 7) is 8.56. The number of nitrogens with zero attached hydrogens (tertiary/aromatic N) is 4. The number of aryl methyl sites for hydroxylation is 1. The van der Waals surface area contributed by atoms with E-state index in [1.807, 2.05) is 62.7 Å². The first-order chi connectivity index (χ1) is 18.6. The van der Waals surface area contributed by atoms with Gasteiger partial charge in [0.1, 0.15) is 23.4 Å². The van der Waals surface area contributed by atoms with Gasteiger partial charge >= 0.3 is 6.09 Å². The number of pyridine rings is 1. The van der Waals surface area contributed by atoms with Crippen molar-refractivity contribution in [3.05, 3.63) is 59.7 Å². The lowest BCUT2D eigenvalue weighted by Crippen LogP contribution is -2.41. The molecular weight excluding hydrogens is 496 g/mol. The van der Waals surface area contributed by atoms with E-state index in [4.69, 9.17) is 9.47 Å². The molecule has 39 heavy (non-hydrogen) atoms. The molecular formula is C29H38N6O4. The van der Waals surface area contributed by atoms with Crippen molar-refractivity contribution in [1.82, 2.24) is 30.4 Å². The Morgan fingerprint density at radius 1 is 1.10 bits per heavy atom. The van der Waals surface area contributed by atoms with Crippen LogP contribution >= 0.6 is 0 Å². The molecule has 0 atom stereocenters. The molecule has 4 rings (SSSR count). The van der Waals surface area contributed by atoms with Crippen molar-refractivity contribution in [3.8, 4) is 17.1 Å². The van der Waals surface area contributed by atoms with Crippen LogP contribution in [-0.2, 0) is 17.8 Å². The molecule has 10 heteroatoms. The van der Waals surface area contributed by atoms with Crippen LogP contribution in [0.4, 0.5) is 4.79 Å². The van der Waals surface area contributed by atoms with E-state index in [0.717, 1.165) is 49.1 Å². The highest BCUT2D eigenvalue weighted by Crippen LogP contribution is 2.26. The maximum absolute atomic E-state index is 12.9. The summed E-state index contributed by atoms with van der Waals surface area (Å²) in [5, 5.41) is 10.6. The Morgan fingerprint density at radius 3 is 2.59 bits per heavy atom. The molecule has 2 heterocycles. The van der Waals surface area contributed by atoms with Crippen LogP contribution in [0.5, 0.6) is 5.75 Å². The Bertz CT molecular complexity index is 1290. The zero-order valence-corrected chi connectivity index (χ0v) is 23.4. The summed E-state index contributed by atoms with van der Waals surface area (Å²) < 4.78 is 12.5. The molecule has 1 aromatic carbocycles. The normalized spacial score (nSPS) is 17.4. The molecule has 2 amide bonds. The molecule has 2 N–H and O–H groups in total. The zero-order chi connectivity index (χ0) is 28.0. The number of ether oxygens (including phenoxy) is 2. The Labute approximate surface area is 229 Å². The summed E-state index contributed by atoms with van der Waals surface area (Å²) >= 11 is 0. The quantitative estimate of drug-likeness (QED) is 0.431. The van der Waals surface area contributed by atoms with Gasteiger partial charge in [0.25, 0.3) is 5.91 Å². The predicted molar refractivity (Wildman–Crippen MR) is 147 cm³/mol. The Hall–Kier alpha value is -3.95. The number of nitrogens with one attached hydrogen (secondary N) is 2. The van der Waals surface area contributed by atoms with E-state index >= 15 is 0 Å². The van der Waals surface area contributed by atoms with E-state index in [-0.39, 0.29) is 18.0 Å². The number of amides is 2. The van der Waals surface area contributed by atoms with E-state index in [0.29, 0.717) is 29.7 Å². The third kappa shape index (κ3) is 8.27. The van der Waals surface area contributed by atoms with Gasteiger partial charge in [0.2, 0.25) is 0 Å². The monoisotopic (exact) mass is 534 g/mol. The number of rotatable bonds is 8. The van der Waals surface area contributed by atoms with Crippen molar-refractivity contribution in [2.75, 3.05) is 7.11 Å². The maximum atomic E-state index is 12.9. The molecule has 10 nitrogen and oxygen atoms in total. The smallest absolute Gasteiger partial charge is 0.407 e. The summed E-state index contributed by atoms with van der Waals surface area (Å²) in [5.41, 5.74) is 2.22. The second-order valence-corrected chi connectivity index (χ2v) is 11.1. The molecule has 1 fully saturated rings. The molecule has 0 saturated heterocycles. The number of methoxy groups -OCH3 is 1. The van der Waals surface area contributed by atoms with E-state index in [2.05, 4.69) is 25.7 Å². The summed E-state index contributed by atoms with van der Waals surface area (Å²) in [6, 6.07) is 11.3. The molecule has 0 bridgehead atoms. The fourth-order valence-electron chi connectivity index (χ4n) is 4.71. The first-order valence-electron chi connectivity index (χ1n) is 13.4. The van der Waals surface area contributed by atoms with Crippen LogP contribution in [-0.4, -0.2) is 50.5 Å². The Morgan fingerprint density at radius 2 is 1.87 bits per heavy atom. The third-order valence-electron chi connectivity index (χ3n) is 6.58. The van der Waals surface area contributed by atoms with Crippen LogP contribution in [0.1, 0.15) is 68.2 Å². The van der Waals surface area contributed by atoms with Gasteiger partial charge in [0.05, 0.1) is 7.11 Å². The summed E-state index contributed by atoms with van der Waals surface area (Å²) in [4.78, 5) is 33.8. The minimum absolute atomic E-state index is 0.135. The molecule has 1 aliphatic rings. The first-order valence-corrected chi connectivity index (χ1v) is 13.4. The van der Waals surface area contributed by atoms with Crippen molar-refractivity contribution >= 4 is 12.0 Å². The second kappa shape index (κ2) is 12.3. The van der Waals surface area contributed by atoms with Gasteiger partial charge in [0, 0.05) is 30.4 Å². The molecule has 1 aliphatic carbocycles.